The molecule has 0 saturated heterocycles. The second kappa shape index (κ2) is 8.64. The van der Waals surface area contributed by atoms with E-state index >= 15 is 0 Å². The second-order valence-electron chi connectivity index (χ2n) is 8.68. The predicted octanol–water partition coefficient (Wildman–Crippen LogP) is 6.46. The number of imidazole rings is 1. The van der Waals surface area contributed by atoms with Crippen LogP contribution in [0.4, 0.5) is 0 Å². The van der Waals surface area contributed by atoms with Crippen molar-refractivity contribution in [2.75, 3.05) is 0 Å². The number of hydrogen-bond donors (Lipinski definition) is 0. The molecule has 5 aromatic rings. The first kappa shape index (κ1) is 22.0. The lowest BCUT2D eigenvalue weighted by atomic mass is 10.0. The molecule has 3 aromatic carbocycles. The highest BCUT2D eigenvalue weighted by molar-refractivity contribution is 6.29. The highest BCUT2D eigenvalue weighted by Crippen LogP contribution is 2.40. The molecule has 0 aliphatic heterocycles. The lowest BCUT2D eigenvalue weighted by Gasteiger charge is -2.08. The monoisotopic (exact) mass is 477 g/mol. The Kier molecular flexibility index (Phi) is 5.14. The number of aryl methyl sites for hydroxylation is 1. The molecule has 37 heavy (non-hydrogen) atoms. The average molecular weight is 478 g/mol. The van der Waals surface area contributed by atoms with Crippen molar-refractivity contribution in [1.82, 2.24) is 14.1 Å². The zero-order chi connectivity index (χ0) is 25.5. The number of nitriles is 1. The van der Waals surface area contributed by atoms with Gasteiger partial charge in [0, 0.05) is 29.4 Å². The summed E-state index contributed by atoms with van der Waals surface area (Å²) < 4.78 is 4.04. The van der Waals surface area contributed by atoms with Crippen LogP contribution in [0, 0.1) is 17.9 Å². The number of carbonyl (C=O) groups is 1. The van der Waals surface area contributed by atoms with E-state index in [9.17, 15) is 10.1 Å². The molecule has 2 aromatic heterocycles. The molecule has 174 valence electrons. The van der Waals surface area contributed by atoms with E-state index in [4.69, 9.17) is 11.6 Å². The van der Waals surface area contributed by atoms with Gasteiger partial charge in [-0.15, -0.1) is 0 Å². The Labute approximate surface area is 213 Å². The topological polar surface area (TPSA) is 68.0 Å². The number of rotatable bonds is 3. The number of benzene rings is 3. The number of aromatic nitrogens is 3. The van der Waals surface area contributed by atoms with Gasteiger partial charge in [0.15, 0.2) is 11.4 Å². The molecule has 6 heteroatoms. The molecule has 0 N–H and O–H groups in total. The Morgan fingerprint density at radius 3 is 2.30 bits per heavy atom. The quantitative estimate of drug-likeness (QED) is 0.170. The van der Waals surface area contributed by atoms with Crippen LogP contribution in [-0.2, 0) is 7.05 Å². The number of Topliss-reactive ketones (excluding diaryl/α,β-unsaturated/α-hetero) is 1. The second-order valence-corrected chi connectivity index (χ2v) is 8.68. The summed E-state index contributed by atoms with van der Waals surface area (Å²) in [5.41, 5.74) is 6.25. The first-order valence-corrected chi connectivity index (χ1v) is 11.7. The zero-order valence-corrected chi connectivity index (χ0v) is 19.9. The summed E-state index contributed by atoms with van der Waals surface area (Å²) >= 11 is 0. The van der Waals surface area contributed by atoms with Crippen LogP contribution in [-0.4, -0.2) is 19.9 Å². The van der Waals surface area contributed by atoms with E-state index in [1.165, 1.54) is 0 Å². The smallest absolute Gasteiger partial charge is 0.270 e. The third-order valence-electron chi connectivity index (χ3n) is 6.64. The van der Waals surface area contributed by atoms with Gasteiger partial charge in [0.25, 0.3) is 5.70 Å². The maximum atomic E-state index is 13.5. The van der Waals surface area contributed by atoms with Crippen molar-refractivity contribution < 1.29 is 4.79 Å². The van der Waals surface area contributed by atoms with E-state index in [1.807, 2.05) is 70.8 Å². The number of hydrogen-bond acceptors (Lipinski definition) is 3. The van der Waals surface area contributed by atoms with E-state index < -0.39 is 0 Å². The highest BCUT2D eigenvalue weighted by Gasteiger charge is 2.32. The van der Waals surface area contributed by atoms with Crippen molar-refractivity contribution in [1.29, 1.82) is 5.26 Å². The van der Waals surface area contributed by atoms with Gasteiger partial charge in [-0.3, -0.25) is 9.36 Å². The summed E-state index contributed by atoms with van der Waals surface area (Å²) in [6.45, 7) is 7.56. The third-order valence-corrected chi connectivity index (χ3v) is 6.64. The minimum Gasteiger partial charge on any atom is -0.327 e. The van der Waals surface area contributed by atoms with Crippen molar-refractivity contribution in [2.24, 2.45) is 7.05 Å². The van der Waals surface area contributed by atoms with Crippen LogP contribution in [0.3, 0.4) is 0 Å². The molecule has 0 unspecified atom stereocenters. The molecule has 1 aliphatic carbocycles. The molecule has 0 radical (unpaired) electrons. The van der Waals surface area contributed by atoms with E-state index in [0.29, 0.717) is 28.1 Å². The standard InChI is InChI=1S/C31H19N5O/c1-33-25(19-32)29-22-15-9-10-16-23(22)30(37)24(29)17-28-34-31-27(36(28)21-13-7-4-8-14-21)18-26(35(31)2)20-11-5-3-6-12-20/h3-18H,2H3/b24-17-,29-25-. The fraction of sp³-hybridized carbons (Fsp3) is 0.0323. The van der Waals surface area contributed by atoms with E-state index in [2.05, 4.69) is 23.0 Å². The molecule has 0 saturated carbocycles. The summed E-state index contributed by atoms with van der Waals surface area (Å²) in [4.78, 5) is 21.9. The SMILES string of the molecule is [C-]#[N+]/C(C#N)=C1\C(=C\c2nc3c(cc(-c4ccccc4)n3C)n2-c2ccccc2)C(=O)c2ccccc21. The van der Waals surface area contributed by atoms with Gasteiger partial charge in [-0.05, 0) is 35.4 Å². The van der Waals surface area contributed by atoms with Gasteiger partial charge in [0.1, 0.15) is 5.82 Å². The lowest BCUT2D eigenvalue weighted by Crippen LogP contribution is -2.01. The van der Waals surface area contributed by atoms with Gasteiger partial charge in [0.2, 0.25) is 0 Å². The van der Waals surface area contributed by atoms with Crippen LogP contribution in [0.15, 0.2) is 102 Å². The fourth-order valence-corrected chi connectivity index (χ4v) is 4.95. The van der Waals surface area contributed by atoms with E-state index in [-0.39, 0.29) is 11.5 Å². The van der Waals surface area contributed by atoms with Crippen molar-refractivity contribution in [3.8, 4) is 23.0 Å². The van der Waals surface area contributed by atoms with Crippen molar-refractivity contribution in [3.63, 3.8) is 0 Å². The number of ketones is 1. The Morgan fingerprint density at radius 2 is 1.62 bits per heavy atom. The van der Waals surface area contributed by atoms with Crippen molar-refractivity contribution in [3.05, 3.63) is 131 Å². The number of carbonyl (C=O) groups excluding carboxylic acids is 1. The molecule has 0 fully saturated rings. The average Bonchev–Trinajstić information content (AvgIpc) is 3.55. The van der Waals surface area contributed by atoms with Crippen LogP contribution in [0.25, 0.3) is 44.6 Å². The molecule has 1 aliphatic rings. The number of fused-ring (bicyclic) bond motifs is 2. The largest absolute Gasteiger partial charge is 0.327 e. The Hall–Kier alpha value is -5.46. The van der Waals surface area contributed by atoms with Crippen molar-refractivity contribution in [2.45, 2.75) is 0 Å². The van der Waals surface area contributed by atoms with Gasteiger partial charge in [-0.2, -0.15) is 0 Å². The number of allylic oxidation sites excluding steroid dienone is 3. The molecule has 2 heterocycles. The molecule has 0 spiro atoms. The number of nitrogens with zero attached hydrogens (tertiary/aromatic N) is 5. The molecule has 0 bridgehead atoms. The fourth-order valence-electron chi connectivity index (χ4n) is 4.95. The molecule has 6 nitrogen and oxygen atoms in total. The van der Waals surface area contributed by atoms with Crippen LogP contribution in [0.1, 0.15) is 21.7 Å². The Morgan fingerprint density at radius 1 is 0.973 bits per heavy atom. The zero-order valence-electron chi connectivity index (χ0n) is 19.9. The molecule has 6 rings (SSSR count). The normalized spacial score (nSPS) is 15.0. The first-order valence-electron chi connectivity index (χ1n) is 11.7. The van der Waals surface area contributed by atoms with Crippen molar-refractivity contribution >= 4 is 28.6 Å². The minimum absolute atomic E-state index is 0.113. The Balaban J connectivity index is 1.64. The minimum atomic E-state index is -0.223. The Bertz CT molecular complexity index is 1840. The van der Waals surface area contributed by atoms with Gasteiger partial charge < -0.3 is 4.57 Å². The first-order chi connectivity index (χ1) is 18.1. The van der Waals surface area contributed by atoms with Gasteiger partial charge in [-0.25, -0.2) is 15.1 Å². The maximum Gasteiger partial charge on any atom is 0.270 e. The summed E-state index contributed by atoms with van der Waals surface area (Å²) in [6.07, 6.45) is 1.70. The van der Waals surface area contributed by atoms with Crippen LogP contribution < -0.4 is 0 Å². The maximum absolute atomic E-state index is 13.5. The summed E-state index contributed by atoms with van der Waals surface area (Å²) in [6, 6.07) is 31.1. The lowest BCUT2D eigenvalue weighted by molar-refractivity contribution is 0.104. The predicted molar refractivity (Wildman–Crippen MR) is 143 cm³/mol. The number of para-hydroxylation sites is 1. The highest BCUT2D eigenvalue weighted by atomic mass is 16.1. The van der Waals surface area contributed by atoms with Crippen LogP contribution in [0.5, 0.6) is 0 Å². The van der Waals surface area contributed by atoms with Crippen LogP contribution in [0.2, 0.25) is 0 Å². The van der Waals surface area contributed by atoms with Crippen LogP contribution >= 0.6 is 0 Å². The molecule has 0 atom stereocenters. The van der Waals surface area contributed by atoms with Gasteiger partial charge in [0.05, 0.1) is 23.9 Å². The van der Waals surface area contributed by atoms with Gasteiger partial charge >= 0.3 is 0 Å². The molecular weight excluding hydrogens is 458 g/mol. The third kappa shape index (κ3) is 3.40. The summed E-state index contributed by atoms with van der Waals surface area (Å²) in [5, 5.41) is 9.69. The summed E-state index contributed by atoms with van der Waals surface area (Å²) in [5.74, 6) is 0.320. The van der Waals surface area contributed by atoms with E-state index in [1.54, 1.807) is 30.3 Å². The van der Waals surface area contributed by atoms with Gasteiger partial charge in [-0.1, -0.05) is 72.8 Å². The summed E-state index contributed by atoms with van der Waals surface area (Å²) in [7, 11) is 1.97. The molecular formula is C31H19N5O. The van der Waals surface area contributed by atoms with E-state index in [0.717, 1.165) is 28.1 Å². The molecule has 0 amide bonds.